The number of carbonyl (C=O) groups excluding carboxylic acids is 1. The molecule has 0 saturated heterocycles. The molecule has 0 N–H and O–H groups in total. The van der Waals surface area contributed by atoms with E-state index in [2.05, 4.69) is 9.97 Å². The SMILES string of the molecule is COC(=O)c1sc2cnc([S@](C)=O)nc2c1-c1ccoc1C. The van der Waals surface area contributed by atoms with Gasteiger partial charge in [0.25, 0.3) is 0 Å². The van der Waals surface area contributed by atoms with Crippen LogP contribution in [0.2, 0.25) is 0 Å². The molecule has 114 valence electrons. The lowest BCUT2D eigenvalue weighted by molar-refractivity contribution is 0.0607. The van der Waals surface area contributed by atoms with E-state index in [9.17, 15) is 9.00 Å². The molecule has 3 heterocycles. The van der Waals surface area contributed by atoms with E-state index < -0.39 is 16.8 Å². The normalized spacial score (nSPS) is 12.5. The van der Waals surface area contributed by atoms with Crippen LogP contribution in [0.5, 0.6) is 0 Å². The fourth-order valence-corrected chi connectivity index (χ4v) is 3.61. The van der Waals surface area contributed by atoms with E-state index in [4.69, 9.17) is 9.15 Å². The Balaban J connectivity index is 2.38. The maximum atomic E-state index is 12.1. The summed E-state index contributed by atoms with van der Waals surface area (Å²) in [5.41, 5.74) is 1.97. The highest BCUT2D eigenvalue weighted by molar-refractivity contribution is 7.84. The Labute approximate surface area is 132 Å². The smallest absolute Gasteiger partial charge is 0.348 e. The second kappa shape index (κ2) is 5.62. The molecule has 0 radical (unpaired) electrons. The molecule has 0 aromatic carbocycles. The maximum Gasteiger partial charge on any atom is 0.348 e. The zero-order valence-electron chi connectivity index (χ0n) is 12.1. The highest BCUT2D eigenvalue weighted by Crippen LogP contribution is 2.39. The molecule has 0 aliphatic rings. The Kier molecular flexibility index (Phi) is 3.79. The van der Waals surface area contributed by atoms with Gasteiger partial charge in [-0.2, -0.15) is 0 Å². The first-order valence-electron chi connectivity index (χ1n) is 6.28. The number of rotatable bonds is 3. The van der Waals surface area contributed by atoms with Gasteiger partial charge in [0.1, 0.15) is 10.6 Å². The summed E-state index contributed by atoms with van der Waals surface area (Å²) in [4.78, 5) is 20.9. The minimum absolute atomic E-state index is 0.226. The van der Waals surface area contributed by atoms with Gasteiger partial charge in [-0.1, -0.05) is 0 Å². The molecule has 0 saturated carbocycles. The zero-order valence-corrected chi connectivity index (χ0v) is 13.7. The highest BCUT2D eigenvalue weighted by atomic mass is 32.2. The standard InChI is InChI=1S/C14H12N2O4S2/c1-7-8(4-5-20-7)10-11-9(21-12(10)13(17)19-2)6-15-14(16-11)22(3)18/h4-6H,1-3H3/t22-/m0/s1. The summed E-state index contributed by atoms with van der Waals surface area (Å²) in [6.45, 7) is 1.81. The zero-order chi connectivity index (χ0) is 15.9. The van der Waals surface area contributed by atoms with E-state index in [-0.39, 0.29) is 5.16 Å². The van der Waals surface area contributed by atoms with Crippen LogP contribution in [0.1, 0.15) is 15.4 Å². The van der Waals surface area contributed by atoms with Crippen LogP contribution in [0.15, 0.2) is 28.1 Å². The Bertz CT molecular complexity index is 898. The number of carbonyl (C=O) groups is 1. The van der Waals surface area contributed by atoms with Gasteiger partial charge in [-0.25, -0.2) is 14.8 Å². The summed E-state index contributed by atoms with van der Waals surface area (Å²) in [5, 5.41) is 0.226. The number of ether oxygens (including phenoxy) is 1. The summed E-state index contributed by atoms with van der Waals surface area (Å²) in [7, 11) is 0.0245. The second-order valence-electron chi connectivity index (χ2n) is 4.51. The van der Waals surface area contributed by atoms with Crippen molar-refractivity contribution in [2.75, 3.05) is 13.4 Å². The third-order valence-electron chi connectivity index (χ3n) is 3.17. The first-order chi connectivity index (χ1) is 10.5. The third-order valence-corrected chi connectivity index (χ3v) is 4.97. The van der Waals surface area contributed by atoms with Crippen LogP contribution in [0.3, 0.4) is 0 Å². The van der Waals surface area contributed by atoms with Crippen molar-refractivity contribution in [2.24, 2.45) is 0 Å². The summed E-state index contributed by atoms with van der Waals surface area (Å²) in [6.07, 6.45) is 4.64. The minimum atomic E-state index is -1.31. The molecule has 0 aliphatic carbocycles. The van der Waals surface area contributed by atoms with Crippen molar-refractivity contribution in [3.63, 3.8) is 0 Å². The maximum absolute atomic E-state index is 12.1. The molecule has 0 unspecified atom stereocenters. The summed E-state index contributed by atoms with van der Waals surface area (Å²) in [5.74, 6) is 0.223. The van der Waals surface area contributed by atoms with E-state index in [0.717, 1.165) is 10.3 Å². The van der Waals surface area contributed by atoms with E-state index >= 15 is 0 Å². The summed E-state index contributed by atoms with van der Waals surface area (Å²) >= 11 is 1.24. The van der Waals surface area contributed by atoms with E-state index in [1.54, 1.807) is 25.5 Å². The molecule has 0 aliphatic heterocycles. The molecule has 8 heteroatoms. The average Bonchev–Trinajstić information content (AvgIpc) is 3.08. The monoisotopic (exact) mass is 336 g/mol. The van der Waals surface area contributed by atoms with Gasteiger partial charge in [0, 0.05) is 23.6 Å². The number of fused-ring (bicyclic) bond motifs is 1. The fourth-order valence-electron chi connectivity index (χ4n) is 2.15. The summed E-state index contributed by atoms with van der Waals surface area (Å²) < 4.78 is 22.5. The number of aryl methyl sites for hydroxylation is 1. The van der Waals surface area contributed by atoms with Crippen molar-refractivity contribution in [2.45, 2.75) is 12.1 Å². The molecule has 3 aromatic rings. The van der Waals surface area contributed by atoms with Gasteiger partial charge in [0.2, 0.25) is 5.16 Å². The molecule has 0 spiro atoms. The Hall–Kier alpha value is -2.06. The van der Waals surface area contributed by atoms with Crippen molar-refractivity contribution in [1.29, 1.82) is 0 Å². The van der Waals surface area contributed by atoms with Crippen LogP contribution in [-0.4, -0.2) is 33.5 Å². The Morgan fingerprint density at radius 3 is 2.82 bits per heavy atom. The van der Waals surface area contributed by atoms with Crippen LogP contribution in [0.25, 0.3) is 21.3 Å². The van der Waals surface area contributed by atoms with Gasteiger partial charge in [-0.05, 0) is 13.0 Å². The lowest BCUT2D eigenvalue weighted by Crippen LogP contribution is -2.00. The second-order valence-corrected chi connectivity index (χ2v) is 6.83. The van der Waals surface area contributed by atoms with E-state index in [1.807, 2.05) is 0 Å². The van der Waals surface area contributed by atoms with Crippen molar-refractivity contribution in [3.05, 3.63) is 29.2 Å². The first kappa shape index (κ1) is 14.9. The molecule has 6 nitrogen and oxygen atoms in total. The number of nitrogens with zero attached hydrogens (tertiary/aromatic N) is 2. The molecule has 0 bridgehead atoms. The number of thiophene rings is 1. The van der Waals surface area contributed by atoms with Crippen molar-refractivity contribution in [1.82, 2.24) is 9.97 Å². The van der Waals surface area contributed by atoms with Crippen molar-refractivity contribution in [3.8, 4) is 11.1 Å². The van der Waals surface area contributed by atoms with Gasteiger partial charge in [-0.15, -0.1) is 11.3 Å². The third kappa shape index (κ3) is 2.34. The average molecular weight is 336 g/mol. The molecule has 0 amide bonds. The molecule has 3 aromatic heterocycles. The number of esters is 1. The van der Waals surface area contributed by atoms with Crippen LogP contribution in [0.4, 0.5) is 0 Å². The van der Waals surface area contributed by atoms with Gasteiger partial charge < -0.3 is 9.15 Å². The first-order valence-corrected chi connectivity index (χ1v) is 8.66. The molecular formula is C14H12N2O4S2. The number of hydrogen-bond donors (Lipinski definition) is 0. The molecular weight excluding hydrogens is 324 g/mol. The summed E-state index contributed by atoms with van der Waals surface area (Å²) in [6, 6.07) is 1.77. The number of methoxy groups -OCH3 is 1. The molecule has 0 fully saturated rings. The Morgan fingerprint density at radius 2 is 2.23 bits per heavy atom. The predicted molar refractivity (Wildman–Crippen MR) is 83.5 cm³/mol. The van der Waals surface area contributed by atoms with Crippen molar-refractivity contribution < 1.29 is 18.2 Å². The quantitative estimate of drug-likeness (QED) is 0.540. The number of hydrogen-bond acceptors (Lipinski definition) is 7. The minimum Gasteiger partial charge on any atom is -0.469 e. The molecule has 3 rings (SSSR count). The van der Waals surface area contributed by atoms with Crippen LogP contribution < -0.4 is 0 Å². The van der Waals surface area contributed by atoms with Crippen LogP contribution >= 0.6 is 11.3 Å². The van der Waals surface area contributed by atoms with Gasteiger partial charge in [-0.3, -0.25) is 4.21 Å². The topological polar surface area (TPSA) is 82.3 Å². The van der Waals surface area contributed by atoms with Crippen molar-refractivity contribution >= 4 is 38.3 Å². The fraction of sp³-hybridized carbons (Fsp3) is 0.214. The van der Waals surface area contributed by atoms with Gasteiger partial charge in [0.05, 0.1) is 34.4 Å². The van der Waals surface area contributed by atoms with E-state index in [0.29, 0.717) is 21.7 Å². The number of aromatic nitrogens is 2. The Morgan fingerprint density at radius 1 is 1.45 bits per heavy atom. The van der Waals surface area contributed by atoms with Gasteiger partial charge >= 0.3 is 5.97 Å². The lowest BCUT2D eigenvalue weighted by Gasteiger charge is -2.02. The molecule has 22 heavy (non-hydrogen) atoms. The number of furan rings is 1. The van der Waals surface area contributed by atoms with Crippen LogP contribution in [0, 0.1) is 6.92 Å². The highest BCUT2D eigenvalue weighted by Gasteiger charge is 2.24. The van der Waals surface area contributed by atoms with Gasteiger partial charge in [0.15, 0.2) is 0 Å². The molecule has 1 atom stereocenters. The van der Waals surface area contributed by atoms with Crippen LogP contribution in [-0.2, 0) is 15.5 Å². The lowest BCUT2D eigenvalue weighted by atomic mass is 10.1. The predicted octanol–water partition coefficient (Wildman–Crippen LogP) is 2.78. The van der Waals surface area contributed by atoms with E-state index in [1.165, 1.54) is 24.7 Å². The largest absolute Gasteiger partial charge is 0.469 e.